The zero-order chi connectivity index (χ0) is 13.5. The first-order valence-electron chi connectivity index (χ1n) is 6.19. The quantitative estimate of drug-likeness (QED) is 0.758. The van der Waals surface area contributed by atoms with Crippen LogP contribution in [0.15, 0.2) is 36.5 Å². The average Bonchev–Trinajstić information content (AvgIpc) is 2.44. The largest absolute Gasteiger partial charge is 0.489 e. The maximum Gasteiger partial charge on any atom is 0.234 e. The number of aromatic nitrogens is 1. The van der Waals surface area contributed by atoms with E-state index >= 15 is 0 Å². The molecule has 0 radical (unpaired) electrons. The van der Waals surface area contributed by atoms with Gasteiger partial charge in [0.05, 0.1) is 13.1 Å². The molecule has 2 N–H and O–H groups in total. The van der Waals surface area contributed by atoms with Crippen LogP contribution >= 0.6 is 0 Å². The van der Waals surface area contributed by atoms with Gasteiger partial charge in [-0.3, -0.25) is 9.78 Å². The number of ether oxygens (including phenoxy) is 1. The maximum atomic E-state index is 11.2. The number of pyridine rings is 1. The van der Waals surface area contributed by atoms with E-state index in [1.165, 1.54) is 0 Å². The first-order valence-corrected chi connectivity index (χ1v) is 6.19. The summed E-state index contributed by atoms with van der Waals surface area (Å²) in [6.45, 7) is 1.21. The van der Waals surface area contributed by atoms with E-state index in [0.717, 1.165) is 16.7 Å². The van der Waals surface area contributed by atoms with Gasteiger partial charge in [0.25, 0.3) is 0 Å². The zero-order valence-electron chi connectivity index (χ0n) is 10.8. The SMILES string of the molecule is CNCC(=O)NCCOc1cccc2cccnc12. The van der Waals surface area contributed by atoms with Gasteiger partial charge in [-0.1, -0.05) is 18.2 Å². The van der Waals surface area contributed by atoms with E-state index in [1.807, 2.05) is 30.3 Å². The summed E-state index contributed by atoms with van der Waals surface area (Å²) in [7, 11) is 1.73. The molecule has 5 nitrogen and oxygen atoms in total. The Morgan fingerprint density at radius 3 is 3.00 bits per heavy atom. The fraction of sp³-hybridized carbons (Fsp3) is 0.286. The number of carbonyl (C=O) groups is 1. The molecule has 0 unspecified atom stereocenters. The summed E-state index contributed by atoms with van der Waals surface area (Å²) >= 11 is 0. The van der Waals surface area contributed by atoms with Crippen molar-refractivity contribution < 1.29 is 9.53 Å². The molecule has 0 spiro atoms. The number of carbonyl (C=O) groups excluding carboxylic acids is 1. The van der Waals surface area contributed by atoms with Gasteiger partial charge in [0, 0.05) is 11.6 Å². The Hall–Kier alpha value is -2.14. The molecular formula is C14H17N3O2. The predicted molar refractivity (Wildman–Crippen MR) is 74.2 cm³/mol. The second kappa shape index (κ2) is 6.70. The topological polar surface area (TPSA) is 63.2 Å². The van der Waals surface area contributed by atoms with Gasteiger partial charge in [-0.05, 0) is 19.2 Å². The van der Waals surface area contributed by atoms with Gasteiger partial charge in [0.2, 0.25) is 5.91 Å². The Balaban J connectivity index is 1.90. The Labute approximate surface area is 112 Å². The third kappa shape index (κ3) is 3.66. The van der Waals surface area contributed by atoms with Gasteiger partial charge in [-0.2, -0.15) is 0 Å². The zero-order valence-corrected chi connectivity index (χ0v) is 10.8. The molecule has 0 aliphatic carbocycles. The molecule has 1 aromatic heterocycles. The number of likely N-dealkylation sites (N-methyl/N-ethyl adjacent to an activating group) is 1. The number of hydrogen-bond acceptors (Lipinski definition) is 4. The molecular weight excluding hydrogens is 242 g/mol. The van der Waals surface area contributed by atoms with Crippen molar-refractivity contribution in [3.8, 4) is 5.75 Å². The summed E-state index contributed by atoms with van der Waals surface area (Å²) in [5, 5.41) is 6.58. The third-order valence-electron chi connectivity index (χ3n) is 2.61. The van der Waals surface area contributed by atoms with Crippen molar-refractivity contribution in [1.29, 1.82) is 0 Å². The minimum atomic E-state index is -0.0397. The standard InChI is InChI=1S/C14H17N3O2/c1-15-10-13(18)16-8-9-19-12-6-2-4-11-5-3-7-17-14(11)12/h2-7,15H,8-10H2,1H3,(H,16,18). The van der Waals surface area contributed by atoms with Gasteiger partial charge in [0.15, 0.2) is 0 Å². The first kappa shape index (κ1) is 13.3. The molecule has 1 amide bonds. The smallest absolute Gasteiger partial charge is 0.234 e. The Morgan fingerprint density at radius 2 is 2.16 bits per heavy atom. The molecule has 2 aromatic rings. The lowest BCUT2D eigenvalue weighted by molar-refractivity contribution is -0.120. The van der Waals surface area contributed by atoms with Crippen LogP contribution < -0.4 is 15.4 Å². The molecule has 2 rings (SSSR count). The number of fused-ring (bicyclic) bond motifs is 1. The summed E-state index contributed by atoms with van der Waals surface area (Å²) in [4.78, 5) is 15.5. The average molecular weight is 259 g/mol. The summed E-state index contributed by atoms with van der Waals surface area (Å²) in [6.07, 6.45) is 1.74. The number of amides is 1. The summed E-state index contributed by atoms with van der Waals surface area (Å²) in [6, 6.07) is 9.68. The highest BCUT2D eigenvalue weighted by atomic mass is 16.5. The lowest BCUT2D eigenvalue weighted by Crippen LogP contribution is -2.34. The van der Waals surface area contributed by atoms with Crippen molar-refractivity contribution in [2.24, 2.45) is 0 Å². The minimum absolute atomic E-state index is 0.0397. The summed E-state index contributed by atoms with van der Waals surface area (Å²) in [5.74, 6) is 0.697. The lowest BCUT2D eigenvalue weighted by Gasteiger charge is -2.09. The van der Waals surface area contributed by atoms with Crippen LogP contribution in [0, 0.1) is 0 Å². The van der Waals surface area contributed by atoms with E-state index in [1.54, 1.807) is 13.2 Å². The molecule has 1 aromatic carbocycles. The molecule has 100 valence electrons. The highest BCUT2D eigenvalue weighted by Crippen LogP contribution is 2.22. The fourth-order valence-electron chi connectivity index (χ4n) is 1.77. The number of benzene rings is 1. The van der Waals surface area contributed by atoms with Crippen LogP contribution in [-0.2, 0) is 4.79 Å². The number of rotatable bonds is 6. The number of nitrogens with zero attached hydrogens (tertiary/aromatic N) is 1. The normalized spacial score (nSPS) is 10.4. The van der Waals surface area contributed by atoms with E-state index in [9.17, 15) is 4.79 Å². The van der Waals surface area contributed by atoms with Crippen LogP contribution in [0.2, 0.25) is 0 Å². The lowest BCUT2D eigenvalue weighted by atomic mass is 10.2. The molecule has 5 heteroatoms. The monoisotopic (exact) mass is 259 g/mol. The van der Waals surface area contributed by atoms with E-state index < -0.39 is 0 Å². The highest BCUT2D eigenvalue weighted by Gasteiger charge is 2.03. The number of para-hydroxylation sites is 1. The molecule has 1 heterocycles. The number of nitrogens with one attached hydrogen (secondary N) is 2. The van der Waals surface area contributed by atoms with Crippen molar-refractivity contribution in [3.63, 3.8) is 0 Å². The molecule has 0 aliphatic heterocycles. The van der Waals surface area contributed by atoms with Crippen LogP contribution in [-0.4, -0.2) is 37.6 Å². The molecule has 0 aliphatic rings. The van der Waals surface area contributed by atoms with Crippen LogP contribution in [0.25, 0.3) is 10.9 Å². The predicted octanol–water partition coefficient (Wildman–Crippen LogP) is 0.949. The summed E-state index contributed by atoms with van der Waals surface area (Å²) in [5.41, 5.74) is 0.839. The van der Waals surface area contributed by atoms with Gasteiger partial charge >= 0.3 is 0 Å². The van der Waals surface area contributed by atoms with E-state index in [2.05, 4.69) is 15.6 Å². The Morgan fingerprint density at radius 1 is 1.32 bits per heavy atom. The number of hydrogen-bond donors (Lipinski definition) is 2. The second-order valence-electron chi connectivity index (χ2n) is 4.06. The Kier molecular flexibility index (Phi) is 4.69. The van der Waals surface area contributed by atoms with Gasteiger partial charge in [-0.25, -0.2) is 0 Å². The van der Waals surface area contributed by atoms with Crippen LogP contribution in [0.3, 0.4) is 0 Å². The second-order valence-corrected chi connectivity index (χ2v) is 4.06. The third-order valence-corrected chi connectivity index (χ3v) is 2.61. The van der Waals surface area contributed by atoms with Crippen molar-refractivity contribution in [3.05, 3.63) is 36.5 Å². The molecule has 0 saturated carbocycles. The van der Waals surface area contributed by atoms with Gasteiger partial charge in [-0.15, -0.1) is 0 Å². The van der Waals surface area contributed by atoms with E-state index in [0.29, 0.717) is 19.7 Å². The molecule has 0 saturated heterocycles. The molecule has 0 atom stereocenters. The first-order chi connectivity index (χ1) is 9.31. The van der Waals surface area contributed by atoms with Crippen LogP contribution in [0.4, 0.5) is 0 Å². The fourth-order valence-corrected chi connectivity index (χ4v) is 1.77. The molecule has 0 fully saturated rings. The van der Waals surface area contributed by atoms with Crippen molar-refractivity contribution in [2.45, 2.75) is 0 Å². The van der Waals surface area contributed by atoms with Gasteiger partial charge in [0.1, 0.15) is 17.9 Å². The van der Waals surface area contributed by atoms with Crippen molar-refractivity contribution in [1.82, 2.24) is 15.6 Å². The Bertz CT molecular complexity index is 552. The minimum Gasteiger partial charge on any atom is -0.489 e. The van der Waals surface area contributed by atoms with Crippen molar-refractivity contribution >= 4 is 16.8 Å². The van der Waals surface area contributed by atoms with E-state index in [-0.39, 0.29) is 5.91 Å². The van der Waals surface area contributed by atoms with E-state index in [4.69, 9.17) is 4.74 Å². The summed E-state index contributed by atoms with van der Waals surface area (Å²) < 4.78 is 5.65. The van der Waals surface area contributed by atoms with Crippen molar-refractivity contribution in [2.75, 3.05) is 26.7 Å². The maximum absolute atomic E-state index is 11.2. The van der Waals surface area contributed by atoms with Crippen LogP contribution in [0.5, 0.6) is 5.75 Å². The van der Waals surface area contributed by atoms with Crippen LogP contribution in [0.1, 0.15) is 0 Å². The highest BCUT2D eigenvalue weighted by molar-refractivity contribution is 5.84. The molecule has 19 heavy (non-hydrogen) atoms. The molecule has 0 bridgehead atoms. The van der Waals surface area contributed by atoms with Gasteiger partial charge < -0.3 is 15.4 Å².